The zero-order valence-electron chi connectivity index (χ0n) is 10.8. The highest BCUT2D eigenvalue weighted by Gasteiger charge is 2.62. The molecule has 118 valence electrons. The second kappa shape index (κ2) is 6.19. The minimum Gasteiger partial charge on any atom is -0.342 e. The van der Waals surface area contributed by atoms with Gasteiger partial charge in [0.05, 0.1) is 0 Å². The molecule has 1 heterocycles. The van der Waals surface area contributed by atoms with E-state index < -0.39 is 24.2 Å². The number of nitrogens with zero attached hydrogens (tertiary/aromatic N) is 1. The Balaban J connectivity index is 2.73. The summed E-state index contributed by atoms with van der Waals surface area (Å²) in [6.07, 6.45) is -10.4. The van der Waals surface area contributed by atoms with Crippen LogP contribution in [-0.2, 0) is 4.79 Å². The lowest BCUT2D eigenvalue weighted by Gasteiger charge is -2.35. The molecular formula is C11H16F6N2O. The number of rotatable bonds is 3. The molecule has 0 spiro atoms. The molecule has 0 saturated carbocycles. The highest BCUT2D eigenvalue weighted by Crippen LogP contribution is 2.40. The van der Waals surface area contributed by atoms with E-state index in [-0.39, 0.29) is 19.0 Å². The highest BCUT2D eigenvalue weighted by atomic mass is 19.4. The predicted molar refractivity (Wildman–Crippen MR) is 58.8 cm³/mol. The van der Waals surface area contributed by atoms with Crippen LogP contribution in [0.1, 0.15) is 12.8 Å². The van der Waals surface area contributed by atoms with E-state index in [1.165, 1.54) is 0 Å². The molecule has 1 saturated heterocycles. The molecule has 0 bridgehead atoms. The molecule has 0 unspecified atom stereocenters. The van der Waals surface area contributed by atoms with Gasteiger partial charge < -0.3 is 10.2 Å². The lowest BCUT2D eigenvalue weighted by atomic mass is 9.95. The maximum Gasteiger partial charge on any atom is 0.409 e. The van der Waals surface area contributed by atoms with E-state index in [0.717, 1.165) is 0 Å². The molecule has 1 aliphatic heterocycles. The molecule has 0 aromatic carbocycles. The van der Waals surface area contributed by atoms with Crippen LogP contribution in [-0.4, -0.2) is 49.8 Å². The van der Waals surface area contributed by atoms with Crippen LogP contribution in [0.4, 0.5) is 26.3 Å². The van der Waals surface area contributed by atoms with E-state index in [2.05, 4.69) is 5.32 Å². The summed E-state index contributed by atoms with van der Waals surface area (Å²) in [6.45, 7) is 0.478. The van der Waals surface area contributed by atoms with Gasteiger partial charge in [-0.3, -0.25) is 4.79 Å². The van der Waals surface area contributed by atoms with Crippen LogP contribution >= 0.6 is 0 Å². The largest absolute Gasteiger partial charge is 0.409 e. The number of hydrogen-bond donors (Lipinski definition) is 1. The SMILES string of the molecule is CNCC1CCN(C(=O)C(C(F)(F)F)C(F)(F)F)CC1. The quantitative estimate of drug-likeness (QED) is 0.811. The van der Waals surface area contributed by atoms with Gasteiger partial charge in [0, 0.05) is 13.1 Å². The van der Waals surface area contributed by atoms with Crippen LogP contribution in [0.3, 0.4) is 0 Å². The molecule has 3 nitrogen and oxygen atoms in total. The van der Waals surface area contributed by atoms with E-state index in [9.17, 15) is 31.1 Å². The number of alkyl halides is 6. The standard InChI is InChI=1S/C11H16F6N2O/c1-18-6-7-2-4-19(5-3-7)9(20)8(10(12,13)14)11(15,16)17/h7-8,18H,2-6H2,1H3. The van der Waals surface area contributed by atoms with E-state index in [1.54, 1.807) is 7.05 Å². The summed E-state index contributed by atoms with van der Waals surface area (Å²) in [7, 11) is 1.71. The smallest absolute Gasteiger partial charge is 0.342 e. The zero-order valence-corrected chi connectivity index (χ0v) is 10.8. The average molecular weight is 306 g/mol. The van der Waals surface area contributed by atoms with Gasteiger partial charge in [0.25, 0.3) is 0 Å². The van der Waals surface area contributed by atoms with E-state index >= 15 is 0 Å². The molecule has 1 aliphatic rings. The van der Waals surface area contributed by atoms with Crippen molar-refractivity contribution in [3.63, 3.8) is 0 Å². The van der Waals surface area contributed by atoms with Gasteiger partial charge in [-0.05, 0) is 32.4 Å². The van der Waals surface area contributed by atoms with Crippen molar-refractivity contribution >= 4 is 5.91 Å². The number of nitrogens with one attached hydrogen (secondary N) is 1. The Labute approximate surface area is 112 Å². The number of carbonyl (C=O) groups is 1. The van der Waals surface area contributed by atoms with Crippen molar-refractivity contribution in [1.82, 2.24) is 10.2 Å². The number of amides is 1. The molecule has 1 N–H and O–H groups in total. The molecular weight excluding hydrogens is 290 g/mol. The third-order valence-electron chi connectivity index (χ3n) is 3.32. The van der Waals surface area contributed by atoms with Gasteiger partial charge in [-0.1, -0.05) is 0 Å². The Morgan fingerprint density at radius 2 is 1.60 bits per heavy atom. The van der Waals surface area contributed by atoms with Gasteiger partial charge >= 0.3 is 12.4 Å². The molecule has 0 radical (unpaired) electrons. The van der Waals surface area contributed by atoms with Crippen LogP contribution in [0.25, 0.3) is 0 Å². The Hall–Kier alpha value is -0.990. The Bertz CT molecular complexity index is 319. The first-order valence-electron chi connectivity index (χ1n) is 6.14. The Morgan fingerprint density at radius 1 is 1.15 bits per heavy atom. The first-order chi connectivity index (χ1) is 9.07. The minimum atomic E-state index is -5.61. The third-order valence-corrected chi connectivity index (χ3v) is 3.32. The van der Waals surface area contributed by atoms with Gasteiger partial charge in [0.15, 0.2) is 0 Å². The van der Waals surface area contributed by atoms with Gasteiger partial charge in [0.1, 0.15) is 0 Å². The second-order valence-electron chi connectivity index (χ2n) is 4.84. The first-order valence-corrected chi connectivity index (χ1v) is 6.14. The average Bonchev–Trinajstić information content (AvgIpc) is 2.26. The summed E-state index contributed by atoms with van der Waals surface area (Å²) < 4.78 is 74.6. The molecule has 0 atom stereocenters. The fourth-order valence-corrected chi connectivity index (χ4v) is 2.29. The molecule has 20 heavy (non-hydrogen) atoms. The van der Waals surface area contributed by atoms with Crippen LogP contribution in [0, 0.1) is 11.8 Å². The molecule has 1 amide bonds. The monoisotopic (exact) mass is 306 g/mol. The van der Waals surface area contributed by atoms with Crippen molar-refractivity contribution in [1.29, 1.82) is 0 Å². The molecule has 0 aromatic rings. The Kier molecular flexibility index (Phi) is 5.28. The maximum atomic E-state index is 12.4. The minimum absolute atomic E-state index is 0.0756. The lowest BCUT2D eigenvalue weighted by Crippen LogP contribution is -2.51. The van der Waals surface area contributed by atoms with E-state index in [0.29, 0.717) is 24.3 Å². The fourth-order valence-electron chi connectivity index (χ4n) is 2.29. The number of carbonyl (C=O) groups excluding carboxylic acids is 1. The zero-order chi connectivity index (χ0) is 15.6. The Morgan fingerprint density at radius 3 is 1.95 bits per heavy atom. The van der Waals surface area contributed by atoms with Crippen molar-refractivity contribution < 1.29 is 31.1 Å². The second-order valence-corrected chi connectivity index (χ2v) is 4.84. The van der Waals surface area contributed by atoms with Crippen molar-refractivity contribution in [3.05, 3.63) is 0 Å². The van der Waals surface area contributed by atoms with Gasteiger partial charge in [-0.15, -0.1) is 0 Å². The first kappa shape index (κ1) is 17.1. The third kappa shape index (κ3) is 4.26. The maximum absolute atomic E-state index is 12.4. The van der Waals surface area contributed by atoms with Gasteiger partial charge in [0.2, 0.25) is 11.8 Å². The molecule has 0 aromatic heterocycles. The summed E-state index contributed by atoms with van der Waals surface area (Å²) in [4.78, 5) is 12.2. The number of likely N-dealkylation sites (tertiary alicyclic amines) is 1. The summed E-state index contributed by atoms with van der Waals surface area (Å²) >= 11 is 0. The van der Waals surface area contributed by atoms with Crippen molar-refractivity contribution in [3.8, 4) is 0 Å². The highest BCUT2D eigenvalue weighted by molar-refractivity contribution is 5.80. The molecule has 1 fully saturated rings. The molecule has 9 heteroatoms. The lowest BCUT2D eigenvalue weighted by molar-refractivity contribution is -0.277. The summed E-state index contributed by atoms with van der Waals surface area (Å²) in [5, 5.41) is 2.89. The normalized spacial score (nSPS) is 18.7. The van der Waals surface area contributed by atoms with Crippen LogP contribution < -0.4 is 5.32 Å². The number of hydrogen-bond acceptors (Lipinski definition) is 2. The van der Waals surface area contributed by atoms with Crippen molar-refractivity contribution in [2.45, 2.75) is 25.2 Å². The topological polar surface area (TPSA) is 32.3 Å². The predicted octanol–water partition coefficient (Wildman–Crippen LogP) is 2.19. The van der Waals surface area contributed by atoms with E-state index in [1.807, 2.05) is 0 Å². The summed E-state index contributed by atoms with van der Waals surface area (Å²) in [5.74, 6) is -5.65. The molecule has 1 rings (SSSR count). The number of halogens is 6. The number of piperidine rings is 1. The van der Waals surface area contributed by atoms with E-state index in [4.69, 9.17) is 0 Å². The van der Waals surface area contributed by atoms with Crippen molar-refractivity contribution in [2.75, 3.05) is 26.7 Å². The van der Waals surface area contributed by atoms with Crippen molar-refractivity contribution in [2.24, 2.45) is 11.8 Å². The van der Waals surface area contributed by atoms with Crippen LogP contribution in [0.2, 0.25) is 0 Å². The van der Waals surface area contributed by atoms with Crippen LogP contribution in [0.5, 0.6) is 0 Å². The fraction of sp³-hybridized carbons (Fsp3) is 0.909. The molecule has 0 aliphatic carbocycles. The summed E-state index contributed by atoms with van der Waals surface area (Å²) in [6, 6.07) is 0. The van der Waals surface area contributed by atoms with Crippen LogP contribution in [0.15, 0.2) is 0 Å². The van der Waals surface area contributed by atoms with Gasteiger partial charge in [-0.25, -0.2) is 0 Å². The summed E-state index contributed by atoms with van der Waals surface area (Å²) in [5.41, 5.74) is 0. The van der Waals surface area contributed by atoms with Gasteiger partial charge in [-0.2, -0.15) is 26.3 Å².